The first-order valence-corrected chi connectivity index (χ1v) is 12.6. The van der Waals surface area contributed by atoms with Crippen molar-refractivity contribution in [2.24, 2.45) is 5.92 Å². The molecule has 1 aliphatic rings. The number of rotatable bonds is 5. The Morgan fingerprint density at radius 2 is 1.88 bits per heavy atom. The van der Waals surface area contributed by atoms with Gasteiger partial charge in [-0.15, -0.1) is 0 Å². The van der Waals surface area contributed by atoms with E-state index in [-0.39, 0.29) is 16.9 Å². The standard InChI is InChI=1S/C23H24N6O3S/c1-16-14-28(21-5-3-4-11-24-21)12-10-20(16)32-23-19-13-27-29(22(19)25-15-26-23)17-6-8-18(9-7-17)33(2,30)31/h3-9,11,13,15-16,20H,10,12,14H2,1-2H3. The Morgan fingerprint density at radius 1 is 1.06 bits per heavy atom. The monoisotopic (exact) mass is 464 g/mol. The molecule has 1 saturated heterocycles. The fraction of sp³-hybridized carbons (Fsp3) is 0.304. The van der Waals surface area contributed by atoms with Crippen LogP contribution < -0.4 is 9.64 Å². The number of hydrogen-bond donors (Lipinski definition) is 0. The van der Waals surface area contributed by atoms with Crippen LogP contribution in [0.4, 0.5) is 5.82 Å². The maximum atomic E-state index is 11.7. The number of hydrogen-bond acceptors (Lipinski definition) is 8. The lowest BCUT2D eigenvalue weighted by Crippen LogP contribution is -2.44. The van der Waals surface area contributed by atoms with Gasteiger partial charge in [-0.3, -0.25) is 0 Å². The highest BCUT2D eigenvalue weighted by Gasteiger charge is 2.29. The van der Waals surface area contributed by atoms with E-state index in [0.29, 0.717) is 22.6 Å². The lowest BCUT2D eigenvalue weighted by Gasteiger charge is -2.37. The van der Waals surface area contributed by atoms with Gasteiger partial charge in [-0.05, 0) is 36.4 Å². The summed E-state index contributed by atoms with van der Waals surface area (Å²) in [6.45, 7) is 3.87. The number of anilines is 1. The van der Waals surface area contributed by atoms with Gasteiger partial charge in [0, 0.05) is 37.9 Å². The molecule has 5 rings (SSSR count). The van der Waals surface area contributed by atoms with Crippen molar-refractivity contribution in [1.82, 2.24) is 24.7 Å². The maximum Gasteiger partial charge on any atom is 0.228 e. The van der Waals surface area contributed by atoms with Crippen molar-refractivity contribution >= 4 is 26.7 Å². The molecule has 3 aromatic heterocycles. The molecular weight excluding hydrogens is 440 g/mol. The van der Waals surface area contributed by atoms with Crippen LogP contribution in [0.1, 0.15) is 13.3 Å². The second-order valence-electron chi connectivity index (χ2n) is 8.29. The summed E-state index contributed by atoms with van der Waals surface area (Å²) in [6, 6.07) is 12.5. The number of sulfone groups is 1. The van der Waals surface area contributed by atoms with Gasteiger partial charge in [-0.1, -0.05) is 13.0 Å². The molecule has 1 aliphatic heterocycles. The average Bonchev–Trinajstić information content (AvgIpc) is 3.26. The molecule has 2 atom stereocenters. The van der Waals surface area contributed by atoms with E-state index < -0.39 is 9.84 Å². The van der Waals surface area contributed by atoms with Crippen LogP contribution >= 0.6 is 0 Å². The van der Waals surface area contributed by atoms with Gasteiger partial charge in [-0.2, -0.15) is 5.10 Å². The second kappa shape index (κ2) is 8.43. The first-order chi connectivity index (χ1) is 15.9. The molecule has 1 fully saturated rings. The summed E-state index contributed by atoms with van der Waals surface area (Å²) in [7, 11) is -3.26. The predicted molar refractivity (Wildman–Crippen MR) is 124 cm³/mol. The van der Waals surface area contributed by atoms with Crippen LogP contribution in [0.2, 0.25) is 0 Å². The lowest BCUT2D eigenvalue weighted by atomic mass is 9.96. The molecule has 2 unspecified atom stereocenters. The third-order valence-corrected chi connectivity index (χ3v) is 7.03. The minimum absolute atomic E-state index is 0.0143. The Hall–Kier alpha value is -3.53. The van der Waals surface area contributed by atoms with Gasteiger partial charge in [0.05, 0.1) is 16.8 Å². The van der Waals surface area contributed by atoms with Gasteiger partial charge in [-0.25, -0.2) is 28.1 Å². The Kier molecular flexibility index (Phi) is 5.45. The zero-order chi connectivity index (χ0) is 23.0. The quantitative estimate of drug-likeness (QED) is 0.444. The largest absolute Gasteiger partial charge is 0.473 e. The lowest BCUT2D eigenvalue weighted by molar-refractivity contribution is 0.117. The molecule has 0 aliphatic carbocycles. The van der Waals surface area contributed by atoms with Crippen molar-refractivity contribution in [2.45, 2.75) is 24.3 Å². The molecule has 10 heteroatoms. The van der Waals surface area contributed by atoms with Crippen molar-refractivity contribution in [3.8, 4) is 11.6 Å². The first-order valence-electron chi connectivity index (χ1n) is 10.7. The average molecular weight is 465 g/mol. The van der Waals surface area contributed by atoms with Crippen molar-refractivity contribution < 1.29 is 13.2 Å². The number of nitrogens with zero attached hydrogens (tertiary/aromatic N) is 6. The van der Waals surface area contributed by atoms with Crippen LogP contribution in [0, 0.1) is 5.92 Å². The van der Waals surface area contributed by atoms with E-state index in [9.17, 15) is 8.42 Å². The molecular formula is C23H24N6O3S. The molecule has 9 nitrogen and oxygen atoms in total. The molecule has 170 valence electrons. The smallest absolute Gasteiger partial charge is 0.228 e. The highest BCUT2D eigenvalue weighted by molar-refractivity contribution is 7.90. The number of piperidine rings is 1. The third-order valence-electron chi connectivity index (χ3n) is 5.90. The number of aromatic nitrogens is 5. The van der Waals surface area contributed by atoms with Crippen molar-refractivity contribution in [2.75, 3.05) is 24.2 Å². The fourth-order valence-electron chi connectivity index (χ4n) is 4.13. The Balaban J connectivity index is 1.37. The number of benzene rings is 1. The molecule has 0 bridgehead atoms. The number of ether oxygens (including phenoxy) is 1. The molecule has 0 spiro atoms. The van der Waals surface area contributed by atoms with Crippen molar-refractivity contribution in [3.05, 3.63) is 61.2 Å². The van der Waals surface area contributed by atoms with Crippen LogP contribution in [0.25, 0.3) is 16.7 Å². The molecule has 1 aromatic carbocycles. The zero-order valence-corrected chi connectivity index (χ0v) is 19.2. The number of pyridine rings is 1. The molecule has 33 heavy (non-hydrogen) atoms. The van der Waals surface area contributed by atoms with Gasteiger partial charge >= 0.3 is 0 Å². The van der Waals surface area contributed by atoms with Crippen LogP contribution in [-0.2, 0) is 9.84 Å². The van der Waals surface area contributed by atoms with Crippen LogP contribution in [0.3, 0.4) is 0 Å². The fourth-order valence-corrected chi connectivity index (χ4v) is 4.76. The number of fused-ring (bicyclic) bond motifs is 1. The predicted octanol–water partition coefficient (Wildman–Crippen LogP) is 2.91. The highest BCUT2D eigenvalue weighted by atomic mass is 32.2. The van der Waals surface area contributed by atoms with Crippen LogP contribution in [0.15, 0.2) is 66.1 Å². The Bertz CT molecular complexity index is 1370. The summed E-state index contributed by atoms with van der Waals surface area (Å²) >= 11 is 0. The third kappa shape index (κ3) is 4.25. The van der Waals surface area contributed by atoms with Gasteiger partial charge < -0.3 is 9.64 Å². The van der Waals surface area contributed by atoms with E-state index in [1.54, 1.807) is 35.1 Å². The normalized spacial score (nSPS) is 19.0. The van der Waals surface area contributed by atoms with Crippen LogP contribution in [-0.4, -0.2) is 58.6 Å². The summed E-state index contributed by atoms with van der Waals surface area (Å²) in [5.74, 6) is 1.77. The van der Waals surface area contributed by atoms with E-state index >= 15 is 0 Å². The summed E-state index contributed by atoms with van der Waals surface area (Å²) < 4.78 is 31.5. The molecule has 0 N–H and O–H groups in total. The summed E-state index contributed by atoms with van der Waals surface area (Å²) in [4.78, 5) is 15.8. The summed E-state index contributed by atoms with van der Waals surface area (Å²) in [6.07, 6.45) is 7.01. The van der Waals surface area contributed by atoms with Crippen molar-refractivity contribution in [1.29, 1.82) is 0 Å². The van der Waals surface area contributed by atoms with E-state index in [4.69, 9.17) is 4.74 Å². The van der Waals surface area contributed by atoms with Gasteiger partial charge in [0.2, 0.25) is 5.88 Å². The zero-order valence-electron chi connectivity index (χ0n) is 18.4. The van der Waals surface area contributed by atoms with E-state index in [1.807, 2.05) is 24.4 Å². The molecule has 4 aromatic rings. The highest BCUT2D eigenvalue weighted by Crippen LogP contribution is 2.29. The summed E-state index contributed by atoms with van der Waals surface area (Å²) in [5.41, 5.74) is 1.31. The minimum Gasteiger partial charge on any atom is -0.473 e. The molecule has 0 amide bonds. The Morgan fingerprint density at radius 3 is 2.58 bits per heavy atom. The van der Waals surface area contributed by atoms with Crippen LogP contribution in [0.5, 0.6) is 5.88 Å². The van der Waals surface area contributed by atoms with E-state index in [0.717, 1.165) is 25.3 Å². The maximum absolute atomic E-state index is 11.7. The van der Waals surface area contributed by atoms with Gasteiger partial charge in [0.15, 0.2) is 15.5 Å². The van der Waals surface area contributed by atoms with E-state index in [1.165, 1.54) is 12.6 Å². The topological polar surface area (TPSA) is 103 Å². The SMILES string of the molecule is CC1CN(c2ccccn2)CCC1Oc1ncnc2c1cnn2-c1ccc(S(C)(=O)=O)cc1. The van der Waals surface area contributed by atoms with Gasteiger partial charge in [0.1, 0.15) is 23.6 Å². The molecule has 0 radical (unpaired) electrons. The Labute approximate surface area is 192 Å². The second-order valence-corrected chi connectivity index (χ2v) is 10.3. The molecule has 4 heterocycles. The van der Waals surface area contributed by atoms with E-state index in [2.05, 4.69) is 31.9 Å². The first kappa shape index (κ1) is 21.3. The van der Waals surface area contributed by atoms with Gasteiger partial charge in [0.25, 0.3) is 0 Å². The minimum atomic E-state index is -3.26. The summed E-state index contributed by atoms with van der Waals surface area (Å²) in [5, 5.41) is 5.16. The van der Waals surface area contributed by atoms with Crippen molar-refractivity contribution in [3.63, 3.8) is 0 Å². The molecule has 0 saturated carbocycles.